The molecule has 0 radical (unpaired) electrons. The first-order chi connectivity index (χ1) is 12.8. The number of benzene rings is 1. The van der Waals surface area contributed by atoms with E-state index in [0.29, 0.717) is 28.6 Å². The molecule has 28 heavy (non-hydrogen) atoms. The van der Waals surface area contributed by atoms with Crippen molar-refractivity contribution in [1.29, 1.82) is 0 Å². The maximum absolute atomic E-state index is 13.0. The third-order valence-electron chi connectivity index (χ3n) is 6.01. The molecule has 4 aliphatic heterocycles. The molecule has 4 saturated heterocycles. The second kappa shape index (κ2) is 8.86. The molecule has 5 heterocycles. The number of para-hydroxylation sites is 1. The molecule has 7 nitrogen and oxygen atoms in total. The number of nitrogens with one attached hydrogen (secondary N) is 2. The summed E-state index contributed by atoms with van der Waals surface area (Å²) in [6.07, 6.45) is 2.37. The van der Waals surface area contributed by atoms with Gasteiger partial charge < -0.3 is 24.9 Å². The number of aromatic nitrogens is 1. The fraction of sp³-hybridized carbons (Fsp3) is 0.579. The Balaban J connectivity index is 0.00000112. The molecule has 4 fully saturated rings. The number of amides is 1. The van der Waals surface area contributed by atoms with Crippen molar-refractivity contribution in [3.05, 3.63) is 23.8 Å². The van der Waals surface area contributed by atoms with Crippen LogP contribution in [0, 0.1) is 5.92 Å². The van der Waals surface area contributed by atoms with Crippen molar-refractivity contribution in [1.82, 2.24) is 20.5 Å². The topological polar surface area (TPSA) is 73.6 Å². The fourth-order valence-corrected chi connectivity index (χ4v) is 4.49. The average molecular weight is 428 g/mol. The molecule has 1 aromatic heterocycles. The molecule has 0 saturated carbocycles. The van der Waals surface area contributed by atoms with E-state index >= 15 is 0 Å². The number of piperazine rings is 1. The van der Waals surface area contributed by atoms with E-state index in [2.05, 4.69) is 25.4 Å². The van der Waals surface area contributed by atoms with Gasteiger partial charge in [0.25, 0.3) is 11.9 Å². The Morgan fingerprint density at radius 3 is 2.57 bits per heavy atom. The van der Waals surface area contributed by atoms with Gasteiger partial charge in [-0.1, -0.05) is 6.07 Å². The van der Waals surface area contributed by atoms with Crippen LogP contribution in [0.2, 0.25) is 0 Å². The molecule has 1 aromatic carbocycles. The minimum absolute atomic E-state index is 0. The summed E-state index contributed by atoms with van der Waals surface area (Å²) in [6, 6.07) is 6.48. The number of hydrogen-bond donors (Lipinski definition) is 2. The maximum atomic E-state index is 13.0. The van der Waals surface area contributed by atoms with Crippen molar-refractivity contribution in [2.45, 2.75) is 18.9 Å². The van der Waals surface area contributed by atoms with Crippen LogP contribution >= 0.6 is 24.8 Å². The molecule has 0 unspecified atom stereocenters. The molecule has 2 N–H and O–H groups in total. The number of halogens is 2. The Kier molecular flexibility index (Phi) is 6.70. The Labute approximate surface area is 177 Å². The van der Waals surface area contributed by atoms with E-state index in [-0.39, 0.29) is 36.8 Å². The number of carbonyl (C=O) groups excluding carboxylic acids is 1. The first kappa shape index (κ1) is 21.2. The van der Waals surface area contributed by atoms with Gasteiger partial charge >= 0.3 is 0 Å². The van der Waals surface area contributed by atoms with Gasteiger partial charge in [0.15, 0.2) is 5.58 Å². The van der Waals surface area contributed by atoms with Gasteiger partial charge in [-0.3, -0.25) is 4.79 Å². The third-order valence-corrected chi connectivity index (χ3v) is 6.01. The van der Waals surface area contributed by atoms with Crippen molar-refractivity contribution in [3.8, 4) is 0 Å². The Hall–Kier alpha value is -1.54. The van der Waals surface area contributed by atoms with Gasteiger partial charge in [-0.05, 0) is 44.0 Å². The molecule has 1 amide bonds. The highest BCUT2D eigenvalue weighted by molar-refractivity contribution is 6.04. The van der Waals surface area contributed by atoms with E-state index in [1.807, 2.05) is 18.2 Å². The quantitative estimate of drug-likeness (QED) is 0.778. The highest BCUT2D eigenvalue weighted by atomic mass is 35.5. The predicted octanol–water partition coefficient (Wildman–Crippen LogP) is 1.90. The van der Waals surface area contributed by atoms with Crippen molar-refractivity contribution in [2.24, 2.45) is 5.92 Å². The molecule has 0 spiro atoms. The van der Waals surface area contributed by atoms with Crippen LogP contribution in [0.4, 0.5) is 6.01 Å². The number of hydrogen-bond acceptors (Lipinski definition) is 6. The van der Waals surface area contributed by atoms with Crippen LogP contribution in [0.25, 0.3) is 11.1 Å². The zero-order valence-electron chi connectivity index (χ0n) is 15.7. The zero-order valence-corrected chi connectivity index (χ0v) is 17.4. The number of piperidine rings is 3. The van der Waals surface area contributed by atoms with Crippen LogP contribution in [0.1, 0.15) is 23.2 Å². The minimum Gasteiger partial charge on any atom is -0.423 e. The van der Waals surface area contributed by atoms with E-state index in [4.69, 9.17) is 4.42 Å². The molecular weight excluding hydrogens is 401 g/mol. The van der Waals surface area contributed by atoms with Gasteiger partial charge in [0, 0.05) is 38.8 Å². The van der Waals surface area contributed by atoms with E-state index in [9.17, 15) is 4.79 Å². The molecular formula is C19H27Cl2N5O2. The lowest BCUT2D eigenvalue weighted by atomic mass is 9.84. The summed E-state index contributed by atoms with van der Waals surface area (Å²) in [5.41, 5.74) is 1.96. The van der Waals surface area contributed by atoms with Gasteiger partial charge in [-0.25, -0.2) is 0 Å². The van der Waals surface area contributed by atoms with Crippen LogP contribution < -0.4 is 15.5 Å². The van der Waals surface area contributed by atoms with Crippen molar-refractivity contribution < 1.29 is 9.21 Å². The van der Waals surface area contributed by atoms with Crippen molar-refractivity contribution >= 4 is 47.8 Å². The number of rotatable bonds is 3. The summed E-state index contributed by atoms with van der Waals surface area (Å²) in [7, 11) is 0. The third kappa shape index (κ3) is 3.94. The second-order valence-corrected chi connectivity index (χ2v) is 7.60. The van der Waals surface area contributed by atoms with E-state index < -0.39 is 0 Å². The summed E-state index contributed by atoms with van der Waals surface area (Å²) in [5.74, 6) is 0.575. The maximum Gasteiger partial charge on any atom is 0.298 e. The summed E-state index contributed by atoms with van der Waals surface area (Å²) < 4.78 is 5.94. The zero-order chi connectivity index (χ0) is 17.5. The second-order valence-electron chi connectivity index (χ2n) is 7.60. The van der Waals surface area contributed by atoms with Crippen LogP contribution in [-0.4, -0.2) is 67.6 Å². The van der Waals surface area contributed by atoms with Crippen LogP contribution in [0.15, 0.2) is 22.6 Å². The number of fused-ring (bicyclic) bond motifs is 4. The number of oxazole rings is 1. The molecule has 2 bridgehead atoms. The van der Waals surface area contributed by atoms with Crippen LogP contribution in [-0.2, 0) is 0 Å². The Bertz CT molecular complexity index is 816. The SMILES string of the molecule is Cl.Cl.O=C(N[C@@H]1CN2CCC1CC2)c1cccc2oc(N3CCNCC3)nc12. The van der Waals surface area contributed by atoms with Crippen LogP contribution in [0.3, 0.4) is 0 Å². The Morgan fingerprint density at radius 1 is 1.14 bits per heavy atom. The monoisotopic (exact) mass is 427 g/mol. The summed E-state index contributed by atoms with van der Waals surface area (Å²) >= 11 is 0. The highest BCUT2D eigenvalue weighted by Crippen LogP contribution is 2.29. The van der Waals surface area contributed by atoms with Gasteiger partial charge in [0.2, 0.25) is 0 Å². The average Bonchev–Trinajstić information content (AvgIpc) is 3.14. The van der Waals surface area contributed by atoms with E-state index in [0.717, 1.165) is 32.7 Å². The fourth-order valence-electron chi connectivity index (χ4n) is 4.49. The first-order valence-electron chi connectivity index (χ1n) is 9.66. The van der Waals surface area contributed by atoms with E-state index in [1.165, 1.54) is 25.9 Å². The molecule has 2 aromatic rings. The van der Waals surface area contributed by atoms with E-state index in [1.54, 1.807) is 0 Å². The molecule has 4 aliphatic rings. The molecule has 1 atom stereocenters. The Morgan fingerprint density at radius 2 is 1.89 bits per heavy atom. The number of carbonyl (C=O) groups is 1. The van der Waals surface area contributed by atoms with Crippen LogP contribution in [0.5, 0.6) is 0 Å². The lowest BCUT2D eigenvalue weighted by Gasteiger charge is -2.44. The minimum atomic E-state index is -0.0329. The molecule has 0 aliphatic carbocycles. The number of nitrogens with zero attached hydrogens (tertiary/aromatic N) is 3. The summed E-state index contributed by atoms with van der Waals surface area (Å²) in [4.78, 5) is 22.2. The van der Waals surface area contributed by atoms with Crippen molar-refractivity contribution in [3.63, 3.8) is 0 Å². The van der Waals surface area contributed by atoms with Gasteiger partial charge in [-0.2, -0.15) is 4.98 Å². The lowest BCUT2D eigenvalue weighted by molar-refractivity contribution is 0.0621. The van der Waals surface area contributed by atoms with Crippen molar-refractivity contribution in [2.75, 3.05) is 50.7 Å². The molecule has 154 valence electrons. The first-order valence-corrected chi connectivity index (χ1v) is 9.66. The predicted molar refractivity (Wildman–Crippen MR) is 114 cm³/mol. The number of anilines is 1. The normalized spacial score (nSPS) is 26.4. The smallest absolute Gasteiger partial charge is 0.298 e. The molecule has 6 rings (SSSR count). The van der Waals surface area contributed by atoms with Gasteiger partial charge in [-0.15, -0.1) is 24.8 Å². The highest BCUT2D eigenvalue weighted by Gasteiger charge is 2.35. The lowest BCUT2D eigenvalue weighted by Crippen LogP contribution is -2.57. The van der Waals surface area contributed by atoms with Gasteiger partial charge in [0.1, 0.15) is 5.52 Å². The van der Waals surface area contributed by atoms with Gasteiger partial charge in [0.05, 0.1) is 5.56 Å². The summed E-state index contributed by atoms with van der Waals surface area (Å²) in [6.45, 7) is 6.89. The summed E-state index contributed by atoms with van der Waals surface area (Å²) in [5, 5.41) is 6.59. The largest absolute Gasteiger partial charge is 0.423 e. The molecule has 9 heteroatoms. The standard InChI is InChI=1S/C19H25N5O2.2ClH/c25-18(21-15-12-23-8-4-13(15)5-9-23)14-2-1-3-16-17(14)22-19(26-16)24-10-6-20-7-11-24;;/h1-3,13,15,20H,4-12H2,(H,21,25);2*1H/t15-;;/m1../s1.